The van der Waals surface area contributed by atoms with Gasteiger partial charge in [0.2, 0.25) is 0 Å². The van der Waals surface area contributed by atoms with E-state index in [1.807, 2.05) is 6.92 Å². The van der Waals surface area contributed by atoms with E-state index in [2.05, 4.69) is 0 Å². The molecule has 1 rings (SSSR count). The molecule has 0 saturated heterocycles. The lowest BCUT2D eigenvalue weighted by atomic mass is 10.2. The minimum Gasteiger partial charge on any atom is -0.494 e. The molecule has 0 aliphatic heterocycles. The predicted octanol–water partition coefficient (Wildman–Crippen LogP) is 1.90. The fourth-order valence-corrected chi connectivity index (χ4v) is 0.786. The standard InChI is InChI=1S/C9H10O2/c1-2-11-9-5-3-8(7-10)4-6-9/h3-7H,2H2,1H3/i7D. The summed E-state index contributed by atoms with van der Waals surface area (Å²) in [5, 5.41) is 0. The van der Waals surface area contributed by atoms with Crippen LogP contribution >= 0.6 is 0 Å². The first kappa shape index (κ1) is 6.40. The molecule has 0 N–H and O–H groups in total. The van der Waals surface area contributed by atoms with E-state index in [9.17, 15) is 4.79 Å². The molecule has 0 spiro atoms. The van der Waals surface area contributed by atoms with Crippen molar-refractivity contribution >= 4 is 6.26 Å². The molecule has 2 nitrogen and oxygen atoms in total. The van der Waals surface area contributed by atoms with E-state index in [-0.39, 0.29) is 0 Å². The topological polar surface area (TPSA) is 26.3 Å². The van der Waals surface area contributed by atoms with E-state index < -0.39 is 6.26 Å². The van der Waals surface area contributed by atoms with E-state index in [1.165, 1.54) is 0 Å². The highest BCUT2D eigenvalue weighted by molar-refractivity contribution is 5.74. The van der Waals surface area contributed by atoms with Crippen LogP contribution in [-0.4, -0.2) is 12.9 Å². The Kier molecular flexibility index (Phi) is 2.19. The van der Waals surface area contributed by atoms with Crippen LogP contribution in [0.25, 0.3) is 0 Å². The Morgan fingerprint density at radius 1 is 1.55 bits per heavy atom. The summed E-state index contributed by atoms with van der Waals surface area (Å²) >= 11 is 0. The Hall–Kier alpha value is -1.31. The number of hydrogen-bond acceptors (Lipinski definition) is 2. The van der Waals surface area contributed by atoms with Gasteiger partial charge in [-0.15, -0.1) is 0 Å². The molecule has 58 valence electrons. The van der Waals surface area contributed by atoms with Gasteiger partial charge in [-0.2, -0.15) is 0 Å². The number of ether oxygens (including phenoxy) is 1. The molecule has 0 aromatic heterocycles. The average molecular weight is 151 g/mol. The monoisotopic (exact) mass is 151 g/mol. The van der Waals surface area contributed by atoms with Gasteiger partial charge in [-0.1, -0.05) is 0 Å². The zero-order chi connectivity index (χ0) is 8.97. The van der Waals surface area contributed by atoms with Crippen molar-refractivity contribution in [3.63, 3.8) is 0 Å². The molecule has 0 saturated carbocycles. The highest BCUT2D eigenvalue weighted by atomic mass is 16.5. The van der Waals surface area contributed by atoms with Crippen LogP contribution in [0, 0.1) is 0 Å². The summed E-state index contributed by atoms with van der Waals surface area (Å²) in [6, 6.07) is 6.54. The zero-order valence-electron chi connectivity index (χ0n) is 7.33. The van der Waals surface area contributed by atoms with Gasteiger partial charge in [0.1, 0.15) is 13.4 Å². The van der Waals surface area contributed by atoms with Gasteiger partial charge in [-0.05, 0) is 31.2 Å². The van der Waals surface area contributed by atoms with Crippen molar-refractivity contribution in [1.29, 1.82) is 0 Å². The second kappa shape index (κ2) is 3.76. The van der Waals surface area contributed by atoms with E-state index in [1.54, 1.807) is 24.3 Å². The Balaban J connectivity index is 2.78. The molecular weight excluding hydrogens is 140 g/mol. The van der Waals surface area contributed by atoms with Gasteiger partial charge < -0.3 is 4.74 Å². The van der Waals surface area contributed by atoms with Gasteiger partial charge >= 0.3 is 0 Å². The van der Waals surface area contributed by atoms with Gasteiger partial charge in [0.05, 0.1) is 6.61 Å². The number of carbonyl (C=O) groups is 1. The molecule has 0 amide bonds. The fraction of sp³-hybridized carbons (Fsp3) is 0.222. The molecule has 0 atom stereocenters. The van der Waals surface area contributed by atoms with E-state index >= 15 is 0 Å². The molecule has 1 aromatic carbocycles. The van der Waals surface area contributed by atoms with Gasteiger partial charge in [-0.25, -0.2) is 0 Å². The summed E-state index contributed by atoms with van der Waals surface area (Å²) in [7, 11) is 0. The van der Waals surface area contributed by atoms with Crippen molar-refractivity contribution < 1.29 is 10.9 Å². The molecule has 0 radical (unpaired) electrons. The smallest absolute Gasteiger partial charge is 0.150 e. The number of benzene rings is 1. The fourth-order valence-electron chi connectivity index (χ4n) is 0.786. The highest BCUT2D eigenvalue weighted by Crippen LogP contribution is 2.10. The number of hydrogen-bond donors (Lipinski definition) is 0. The van der Waals surface area contributed by atoms with E-state index in [0.29, 0.717) is 12.2 Å². The molecule has 0 aliphatic carbocycles. The van der Waals surface area contributed by atoms with E-state index in [0.717, 1.165) is 5.75 Å². The van der Waals surface area contributed by atoms with Gasteiger partial charge in [0.25, 0.3) is 0 Å². The Bertz CT molecular complexity index is 266. The molecule has 0 unspecified atom stereocenters. The van der Waals surface area contributed by atoms with Crippen molar-refractivity contribution in [1.82, 2.24) is 0 Å². The molecule has 11 heavy (non-hydrogen) atoms. The average Bonchev–Trinajstić information content (AvgIpc) is 2.06. The summed E-state index contributed by atoms with van der Waals surface area (Å²) in [4.78, 5) is 10.5. The minimum absolute atomic E-state index is 0.387. The molecule has 0 aliphatic rings. The van der Waals surface area contributed by atoms with Crippen LogP contribution in [-0.2, 0) is 0 Å². The second-order valence-corrected chi connectivity index (χ2v) is 2.06. The SMILES string of the molecule is [2H]C(=O)c1ccc(OCC)cc1. The first-order valence-corrected chi connectivity index (χ1v) is 3.48. The van der Waals surface area contributed by atoms with Crippen LogP contribution in [0.1, 0.15) is 18.7 Å². The normalized spacial score (nSPS) is 10.5. The van der Waals surface area contributed by atoms with Crippen molar-refractivity contribution in [3.05, 3.63) is 29.8 Å². The summed E-state index contributed by atoms with van der Waals surface area (Å²) in [5.74, 6) is 0.725. The Labute approximate surface area is 67.2 Å². The zero-order valence-corrected chi connectivity index (χ0v) is 6.33. The summed E-state index contributed by atoms with van der Waals surface area (Å²) in [6.45, 7) is 2.50. The van der Waals surface area contributed by atoms with Crippen molar-refractivity contribution in [2.45, 2.75) is 6.92 Å². The third kappa shape index (κ3) is 2.08. The predicted molar refractivity (Wildman–Crippen MR) is 43.0 cm³/mol. The van der Waals surface area contributed by atoms with Crippen molar-refractivity contribution in [2.24, 2.45) is 0 Å². The van der Waals surface area contributed by atoms with Gasteiger partial charge in [0.15, 0.2) is 0 Å². The summed E-state index contributed by atoms with van der Waals surface area (Å²) < 4.78 is 12.0. The maximum Gasteiger partial charge on any atom is 0.150 e. The summed E-state index contributed by atoms with van der Waals surface area (Å²) in [6.07, 6.45) is -0.668. The van der Waals surface area contributed by atoms with Crippen molar-refractivity contribution in [2.75, 3.05) is 6.61 Å². The quantitative estimate of drug-likeness (QED) is 0.617. The molecule has 0 heterocycles. The Morgan fingerprint density at radius 2 is 2.18 bits per heavy atom. The lowest BCUT2D eigenvalue weighted by molar-refractivity contribution is 0.112. The van der Waals surface area contributed by atoms with Gasteiger partial charge in [0, 0.05) is 5.56 Å². The van der Waals surface area contributed by atoms with Crippen LogP contribution < -0.4 is 4.74 Å². The van der Waals surface area contributed by atoms with E-state index in [4.69, 9.17) is 6.11 Å². The lowest BCUT2D eigenvalue weighted by Crippen LogP contribution is -1.90. The molecule has 1 aromatic rings. The largest absolute Gasteiger partial charge is 0.494 e. The van der Waals surface area contributed by atoms with Crippen LogP contribution in [0.5, 0.6) is 5.75 Å². The third-order valence-corrected chi connectivity index (χ3v) is 1.28. The molecule has 0 fully saturated rings. The minimum atomic E-state index is -0.668. The van der Waals surface area contributed by atoms with Crippen LogP contribution in [0.15, 0.2) is 24.3 Å². The number of carbonyl (C=O) groups excluding carboxylic acids is 1. The van der Waals surface area contributed by atoms with Crippen LogP contribution in [0.3, 0.4) is 0 Å². The van der Waals surface area contributed by atoms with Crippen LogP contribution in [0.4, 0.5) is 0 Å². The maximum absolute atomic E-state index is 10.5. The first-order valence-electron chi connectivity index (χ1n) is 3.98. The summed E-state index contributed by atoms with van der Waals surface area (Å²) in [5.41, 5.74) is 0.387. The Morgan fingerprint density at radius 3 is 2.64 bits per heavy atom. The van der Waals surface area contributed by atoms with Crippen molar-refractivity contribution in [3.8, 4) is 5.75 Å². The first-order chi connectivity index (χ1) is 5.74. The van der Waals surface area contributed by atoms with Gasteiger partial charge in [-0.3, -0.25) is 4.79 Å². The maximum atomic E-state index is 10.5. The highest BCUT2D eigenvalue weighted by Gasteiger charge is 1.91. The molecule has 2 heteroatoms. The molecular formula is C9H10O2. The lowest BCUT2D eigenvalue weighted by Gasteiger charge is -2.00. The third-order valence-electron chi connectivity index (χ3n) is 1.28. The second-order valence-electron chi connectivity index (χ2n) is 2.06. The number of rotatable bonds is 3. The number of aldehydes is 1. The van der Waals surface area contributed by atoms with Crippen LogP contribution in [0.2, 0.25) is 0 Å². The molecule has 0 bridgehead atoms.